The molecule has 0 heterocycles. The Bertz CT molecular complexity index is 608. The molecule has 4 nitrogen and oxygen atoms in total. The van der Waals surface area contributed by atoms with Crippen molar-refractivity contribution in [2.75, 3.05) is 12.8 Å². The summed E-state index contributed by atoms with van der Waals surface area (Å²) in [4.78, 5) is -0.322. The van der Waals surface area contributed by atoms with Gasteiger partial charge in [-0.1, -0.05) is 25.7 Å². The van der Waals surface area contributed by atoms with E-state index in [0.717, 1.165) is 38.5 Å². The van der Waals surface area contributed by atoms with E-state index in [9.17, 15) is 12.8 Å². The van der Waals surface area contributed by atoms with Crippen molar-refractivity contribution in [2.24, 2.45) is 0 Å². The van der Waals surface area contributed by atoms with Crippen molar-refractivity contribution in [3.8, 4) is 0 Å². The van der Waals surface area contributed by atoms with Gasteiger partial charge in [0.1, 0.15) is 10.7 Å². The molecule has 1 aromatic carbocycles. The Morgan fingerprint density at radius 3 is 2.33 bits per heavy atom. The molecule has 1 fully saturated rings. The van der Waals surface area contributed by atoms with Crippen LogP contribution >= 0.6 is 0 Å². The molecule has 0 saturated heterocycles. The Balaban J connectivity index is 2.34. The molecular weight excluding hydrogens is 291 g/mol. The second kappa shape index (κ2) is 6.32. The third-order valence-electron chi connectivity index (χ3n) is 4.32. The first-order valence-electron chi connectivity index (χ1n) is 7.37. The van der Waals surface area contributed by atoms with Crippen molar-refractivity contribution in [2.45, 2.75) is 56.4 Å². The summed E-state index contributed by atoms with van der Waals surface area (Å²) in [5.41, 5.74) is 6.58. The van der Waals surface area contributed by atoms with E-state index in [2.05, 4.69) is 0 Å². The Hall–Kier alpha value is -1.14. The molecule has 0 spiro atoms. The molecule has 6 heteroatoms. The number of hydrogen-bond donors (Lipinski definition) is 1. The molecule has 1 aliphatic rings. The van der Waals surface area contributed by atoms with Gasteiger partial charge in [-0.2, -0.15) is 4.31 Å². The van der Waals surface area contributed by atoms with Crippen molar-refractivity contribution in [1.82, 2.24) is 4.31 Å². The van der Waals surface area contributed by atoms with Crippen LogP contribution in [0.15, 0.2) is 17.0 Å². The minimum absolute atomic E-state index is 0.0561. The zero-order valence-corrected chi connectivity index (χ0v) is 13.4. The van der Waals surface area contributed by atoms with Crippen molar-refractivity contribution in [1.29, 1.82) is 0 Å². The minimum atomic E-state index is -3.85. The van der Waals surface area contributed by atoms with E-state index in [1.165, 1.54) is 16.4 Å². The SMILES string of the molecule is Cc1cc(F)c(S(=O)(=O)N(C)C2CCCCCC2)cc1N. The smallest absolute Gasteiger partial charge is 0.246 e. The fourth-order valence-corrected chi connectivity index (χ4v) is 4.33. The zero-order valence-electron chi connectivity index (χ0n) is 12.6. The van der Waals surface area contributed by atoms with E-state index < -0.39 is 15.8 Å². The number of sulfonamides is 1. The lowest BCUT2D eigenvalue weighted by Crippen LogP contribution is -2.37. The molecule has 0 unspecified atom stereocenters. The van der Waals surface area contributed by atoms with E-state index in [-0.39, 0.29) is 10.9 Å². The van der Waals surface area contributed by atoms with Gasteiger partial charge in [-0.05, 0) is 37.5 Å². The Morgan fingerprint density at radius 2 is 1.76 bits per heavy atom. The number of nitrogens with zero attached hydrogens (tertiary/aromatic N) is 1. The van der Waals surface area contributed by atoms with Crippen molar-refractivity contribution in [3.05, 3.63) is 23.5 Å². The number of halogens is 1. The highest BCUT2D eigenvalue weighted by Crippen LogP contribution is 2.28. The van der Waals surface area contributed by atoms with Gasteiger partial charge in [0.05, 0.1) is 0 Å². The van der Waals surface area contributed by atoms with Crippen LogP contribution in [0.1, 0.15) is 44.1 Å². The normalized spacial score (nSPS) is 17.9. The predicted octanol–water partition coefficient (Wildman–Crippen LogP) is 3.06. The molecule has 1 aromatic rings. The van der Waals surface area contributed by atoms with Crippen LogP contribution in [-0.2, 0) is 10.0 Å². The first kappa shape index (κ1) is 16.2. The average molecular weight is 314 g/mol. The third-order valence-corrected chi connectivity index (χ3v) is 6.24. The highest BCUT2D eigenvalue weighted by atomic mass is 32.2. The third kappa shape index (κ3) is 3.37. The first-order chi connectivity index (χ1) is 9.84. The van der Waals surface area contributed by atoms with Crippen LogP contribution in [0, 0.1) is 12.7 Å². The van der Waals surface area contributed by atoms with Gasteiger partial charge in [0, 0.05) is 18.8 Å². The van der Waals surface area contributed by atoms with Gasteiger partial charge in [0.2, 0.25) is 10.0 Å². The van der Waals surface area contributed by atoms with Gasteiger partial charge in [-0.15, -0.1) is 0 Å². The largest absolute Gasteiger partial charge is 0.398 e. The van der Waals surface area contributed by atoms with Gasteiger partial charge in [0.25, 0.3) is 0 Å². The molecule has 2 N–H and O–H groups in total. The molecule has 0 aromatic heterocycles. The molecule has 2 rings (SSSR count). The fourth-order valence-electron chi connectivity index (χ4n) is 2.84. The average Bonchev–Trinajstić information content (AvgIpc) is 2.70. The van der Waals surface area contributed by atoms with E-state index in [1.807, 2.05) is 0 Å². The number of nitrogens with two attached hydrogens (primary N) is 1. The number of anilines is 1. The van der Waals surface area contributed by atoms with Crippen LogP contribution in [0.25, 0.3) is 0 Å². The summed E-state index contributed by atoms with van der Waals surface area (Å²) >= 11 is 0. The van der Waals surface area contributed by atoms with Gasteiger partial charge < -0.3 is 5.73 Å². The van der Waals surface area contributed by atoms with E-state index in [0.29, 0.717) is 11.3 Å². The highest BCUT2D eigenvalue weighted by molar-refractivity contribution is 7.89. The molecule has 1 aliphatic carbocycles. The van der Waals surface area contributed by atoms with Crippen molar-refractivity contribution < 1.29 is 12.8 Å². The maximum Gasteiger partial charge on any atom is 0.246 e. The zero-order chi connectivity index (χ0) is 15.6. The topological polar surface area (TPSA) is 63.4 Å². The van der Waals surface area contributed by atoms with Crippen molar-refractivity contribution in [3.63, 3.8) is 0 Å². The van der Waals surface area contributed by atoms with Crippen LogP contribution in [0.5, 0.6) is 0 Å². The second-order valence-electron chi connectivity index (χ2n) is 5.81. The molecule has 1 saturated carbocycles. The summed E-state index contributed by atoms with van der Waals surface area (Å²) in [5, 5.41) is 0. The molecule has 0 amide bonds. The highest BCUT2D eigenvalue weighted by Gasteiger charge is 2.31. The summed E-state index contributed by atoms with van der Waals surface area (Å²) in [5.74, 6) is -0.734. The second-order valence-corrected chi connectivity index (χ2v) is 7.77. The standard InChI is InChI=1S/C15H23FN2O2S/c1-11-9-13(16)15(10-14(11)17)21(19,20)18(2)12-7-5-3-4-6-8-12/h9-10,12H,3-8,17H2,1-2H3. The molecule has 118 valence electrons. The quantitative estimate of drug-likeness (QED) is 0.689. The fraction of sp³-hybridized carbons (Fsp3) is 0.600. The van der Waals surface area contributed by atoms with Crippen LogP contribution in [0.4, 0.5) is 10.1 Å². The molecule has 21 heavy (non-hydrogen) atoms. The van der Waals surface area contributed by atoms with Gasteiger partial charge in [-0.25, -0.2) is 12.8 Å². The van der Waals surface area contributed by atoms with Crippen LogP contribution in [0.3, 0.4) is 0 Å². The summed E-state index contributed by atoms with van der Waals surface area (Å²) in [6, 6.07) is 2.36. The van der Waals surface area contributed by atoms with Gasteiger partial charge in [-0.3, -0.25) is 0 Å². The lowest BCUT2D eigenvalue weighted by Gasteiger charge is -2.26. The van der Waals surface area contributed by atoms with E-state index >= 15 is 0 Å². The first-order valence-corrected chi connectivity index (χ1v) is 8.81. The van der Waals surface area contributed by atoms with Gasteiger partial charge >= 0.3 is 0 Å². The molecular formula is C15H23FN2O2S. The number of rotatable bonds is 3. The Kier molecular flexibility index (Phi) is 4.88. The minimum Gasteiger partial charge on any atom is -0.398 e. The number of benzene rings is 1. The Labute approximate surface area is 126 Å². The predicted molar refractivity (Wildman–Crippen MR) is 82.0 cm³/mol. The summed E-state index contributed by atoms with van der Waals surface area (Å²) in [7, 11) is -2.30. The van der Waals surface area contributed by atoms with Crippen molar-refractivity contribution >= 4 is 15.7 Å². The lowest BCUT2D eigenvalue weighted by atomic mass is 10.1. The number of nitrogen functional groups attached to an aromatic ring is 1. The summed E-state index contributed by atoms with van der Waals surface area (Å²) < 4.78 is 40.7. The van der Waals surface area contributed by atoms with E-state index in [4.69, 9.17) is 5.73 Å². The summed E-state index contributed by atoms with van der Waals surface area (Å²) in [6.45, 7) is 1.66. The molecule has 0 bridgehead atoms. The van der Waals surface area contributed by atoms with E-state index in [1.54, 1.807) is 14.0 Å². The monoisotopic (exact) mass is 314 g/mol. The molecule has 0 atom stereocenters. The maximum absolute atomic E-state index is 14.1. The lowest BCUT2D eigenvalue weighted by molar-refractivity contribution is 0.334. The molecule has 0 radical (unpaired) electrons. The summed E-state index contributed by atoms with van der Waals surface area (Å²) in [6.07, 6.45) is 5.97. The van der Waals surface area contributed by atoms with Crippen LogP contribution in [-0.4, -0.2) is 25.8 Å². The number of hydrogen-bond acceptors (Lipinski definition) is 3. The molecule has 0 aliphatic heterocycles. The van der Waals surface area contributed by atoms with Crippen LogP contribution in [0.2, 0.25) is 0 Å². The maximum atomic E-state index is 14.1. The Morgan fingerprint density at radius 1 is 1.19 bits per heavy atom. The van der Waals surface area contributed by atoms with Crippen LogP contribution < -0.4 is 5.73 Å². The van der Waals surface area contributed by atoms with Gasteiger partial charge in [0.15, 0.2) is 0 Å². The number of aryl methyl sites for hydroxylation is 1.